The molecule has 0 aromatic carbocycles. The van der Waals surface area contributed by atoms with Gasteiger partial charge in [0.25, 0.3) is 0 Å². The van der Waals surface area contributed by atoms with Crippen molar-refractivity contribution in [2.24, 2.45) is 0 Å². The number of carbonyl (C=O) groups is 1. The highest BCUT2D eigenvalue weighted by Crippen LogP contribution is 2.38. The number of allylic oxidation sites excluding steroid dienone is 2. The van der Waals surface area contributed by atoms with E-state index >= 15 is 0 Å². The van der Waals surface area contributed by atoms with Crippen LogP contribution in [0.5, 0.6) is 6.01 Å². The minimum atomic E-state index is -0.108. The van der Waals surface area contributed by atoms with Gasteiger partial charge in [0.05, 0.1) is 18.8 Å². The second-order valence-corrected chi connectivity index (χ2v) is 5.33. The van der Waals surface area contributed by atoms with E-state index in [4.69, 9.17) is 4.74 Å². The molecule has 1 aromatic rings. The molecule has 2 unspecified atom stereocenters. The van der Waals surface area contributed by atoms with Crippen molar-refractivity contribution in [3.8, 4) is 6.01 Å². The van der Waals surface area contributed by atoms with Crippen molar-refractivity contribution in [2.45, 2.75) is 18.4 Å². The van der Waals surface area contributed by atoms with E-state index in [2.05, 4.69) is 38.3 Å². The maximum absolute atomic E-state index is 12.0. The predicted molar refractivity (Wildman–Crippen MR) is 78.4 cm³/mol. The first-order valence-corrected chi connectivity index (χ1v) is 7.07. The molecule has 112 valence electrons. The Morgan fingerprint density at radius 3 is 3.00 bits per heavy atom. The van der Waals surface area contributed by atoms with Crippen LogP contribution in [0.1, 0.15) is 18.0 Å². The number of ether oxygens (including phenoxy) is 1. The smallest absolute Gasteiger partial charge is 0.316 e. The molecule has 7 nitrogen and oxygen atoms in total. The number of carbonyl (C=O) groups excluding carboxylic acids is 1. The standard InChI is InChI=1S/C15H15N5O2/c1-22-15-16-6-5-10(17-15)9-7-11(21)18-14-12(9)13(19-20-14)8-3-2-4-8/h2-6,9,13,19-20H,7H2,1H3,(H,18,21). The first-order valence-electron chi connectivity index (χ1n) is 7.07. The van der Waals surface area contributed by atoms with Crippen LogP contribution in [0.15, 0.2) is 47.5 Å². The lowest BCUT2D eigenvalue weighted by Gasteiger charge is -2.27. The summed E-state index contributed by atoms with van der Waals surface area (Å²) in [6.07, 6.45) is 8.13. The molecule has 2 atom stereocenters. The van der Waals surface area contributed by atoms with Gasteiger partial charge in [-0.25, -0.2) is 10.4 Å². The minimum Gasteiger partial charge on any atom is -0.467 e. The van der Waals surface area contributed by atoms with E-state index in [0.717, 1.165) is 17.1 Å². The van der Waals surface area contributed by atoms with E-state index in [1.165, 1.54) is 12.7 Å². The van der Waals surface area contributed by atoms with Gasteiger partial charge in [-0.15, -0.1) is 0 Å². The largest absolute Gasteiger partial charge is 0.467 e. The Kier molecular flexibility index (Phi) is 2.93. The lowest BCUT2D eigenvalue weighted by molar-refractivity contribution is -0.121. The molecule has 2 aliphatic heterocycles. The average Bonchev–Trinajstić information content (AvgIpc) is 2.88. The number of methoxy groups -OCH3 is 1. The number of hydrazine groups is 1. The van der Waals surface area contributed by atoms with Crippen LogP contribution in [-0.4, -0.2) is 29.0 Å². The van der Waals surface area contributed by atoms with Gasteiger partial charge in [0.15, 0.2) is 0 Å². The molecule has 4 rings (SSSR count). The van der Waals surface area contributed by atoms with Crippen molar-refractivity contribution in [3.63, 3.8) is 0 Å². The summed E-state index contributed by atoms with van der Waals surface area (Å²) in [6.45, 7) is 0. The Hall–Kier alpha value is -2.67. The molecule has 0 spiro atoms. The number of nitrogens with one attached hydrogen (secondary N) is 3. The van der Waals surface area contributed by atoms with E-state index in [0.29, 0.717) is 12.4 Å². The van der Waals surface area contributed by atoms with Gasteiger partial charge in [0, 0.05) is 24.1 Å². The maximum atomic E-state index is 12.0. The highest BCUT2D eigenvalue weighted by Gasteiger charge is 2.39. The third-order valence-electron chi connectivity index (χ3n) is 4.08. The van der Waals surface area contributed by atoms with Gasteiger partial charge >= 0.3 is 6.01 Å². The summed E-state index contributed by atoms with van der Waals surface area (Å²) >= 11 is 0. The number of amides is 1. The first-order chi connectivity index (χ1) is 10.8. The van der Waals surface area contributed by atoms with Crippen molar-refractivity contribution in [3.05, 3.63) is 53.2 Å². The SMILES string of the molecule is COc1nccc(C2CC(=O)NC3=C2C(C2=CC=C2)NN3)n1. The third kappa shape index (κ3) is 1.98. The Morgan fingerprint density at radius 1 is 1.41 bits per heavy atom. The fourth-order valence-corrected chi connectivity index (χ4v) is 2.98. The van der Waals surface area contributed by atoms with Gasteiger partial charge in [-0.2, -0.15) is 4.98 Å². The van der Waals surface area contributed by atoms with Crippen LogP contribution in [0.25, 0.3) is 0 Å². The lowest BCUT2D eigenvalue weighted by atomic mass is 9.81. The minimum absolute atomic E-state index is 0.0330. The zero-order chi connectivity index (χ0) is 15.1. The highest BCUT2D eigenvalue weighted by molar-refractivity contribution is 5.81. The molecular weight excluding hydrogens is 282 g/mol. The fourth-order valence-electron chi connectivity index (χ4n) is 2.98. The Morgan fingerprint density at radius 2 is 2.27 bits per heavy atom. The topological polar surface area (TPSA) is 88.2 Å². The van der Waals surface area contributed by atoms with E-state index in [1.54, 1.807) is 6.20 Å². The lowest BCUT2D eigenvalue weighted by Crippen LogP contribution is -2.37. The molecule has 0 radical (unpaired) electrons. The maximum Gasteiger partial charge on any atom is 0.316 e. The summed E-state index contributed by atoms with van der Waals surface area (Å²) in [5, 5.41) is 2.88. The van der Waals surface area contributed by atoms with Crippen LogP contribution >= 0.6 is 0 Å². The molecular formula is C15H15N5O2. The molecule has 0 fully saturated rings. The molecule has 1 aromatic heterocycles. The monoisotopic (exact) mass is 297 g/mol. The molecule has 1 aliphatic carbocycles. The molecule has 0 bridgehead atoms. The molecule has 1 amide bonds. The molecule has 0 saturated carbocycles. The molecule has 3 heterocycles. The Bertz CT molecular complexity index is 737. The van der Waals surface area contributed by atoms with Crippen LogP contribution < -0.4 is 20.9 Å². The molecule has 3 N–H and O–H groups in total. The molecule has 3 aliphatic rings. The summed E-state index contributed by atoms with van der Waals surface area (Å²) in [7, 11) is 1.53. The predicted octanol–water partition coefficient (Wildman–Crippen LogP) is 0.273. The number of rotatable bonds is 3. The van der Waals surface area contributed by atoms with E-state index in [-0.39, 0.29) is 17.9 Å². The molecule has 0 saturated heterocycles. The van der Waals surface area contributed by atoms with Crippen LogP contribution in [0.2, 0.25) is 0 Å². The van der Waals surface area contributed by atoms with Gasteiger partial charge in [-0.1, -0.05) is 18.2 Å². The zero-order valence-corrected chi connectivity index (χ0v) is 12.0. The van der Waals surface area contributed by atoms with Crippen molar-refractivity contribution in [1.29, 1.82) is 0 Å². The van der Waals surface area contributed by atoms with Crippen LogP contribution in [-0.2, 0) is 4.79 Å². The number of aromatic nitrogens is 2. The van der Waals surface area contributed by atoms with Gasteiger partial charge < -0.3 is 15.5 Å². The zero-order valence-electron chi connectivity index (χ0n) is 12.0. The quantitative estimate of drug-likeness (QED) is 0.742. The van der Waals surface area contributed by atoms with Crippen LogP contribution in [0.4, 0.5) is 0 Å². The number of nitrogens with zero attached hydrogens (tertiary/aromatic N) is 2. The second-order valence-electron chi connectivity index (χ2n) is 5.33. The summed E-state index contributed by atoms with van der Waals surface area (Å²) in [5.41, 5.74) is 9.34. The Labute approximate surface area is 127 Å². The third-order valence-corrected chi connectivity index (χ3v) is 4.08. The van der Waals surface area contributed by atoms with E-state index in [1.807, 2.05) is 12.1 Å². The van der Waals surface area contributed by atoms with E-state index < -0.39 is 0 Å². The van der Waals surface area contributed by atoms with Crippen LogP contribution in [0.3, 0.4) is 0 Å². The average molecular weight is 297 g/mol. The summed E-state index contributed by atoms with van der Waals surface area (Å²) in [6, 6.07) is 2.17. The normalized spacial score (nSPS) is 25.9. The van der Waals surface area contributed by atoms with Gasteiger partial charge in [-0.3, -0.25) is 4.79 Å². The summed E-state index contributed by atoms with van der Waals surface area (Å²) in [5.74, 6) is 0.586. The highest BCUT2D eigenvalue weighted by atomic mass is 16.5. The van der Waals surface area contributed by atoms with Gasteiger partial charge in [0.1, 0.15) is 5.82 Å². The van der Waals surface area contributed by atoms with Crippen molar-refractivity contribution in [1.82, 2.24) is 26.1 Å². The number of hydrogen-bond acceptors (Lipinski definition) is 6. The second kappa shape index (κ2) is 4.96. The van der Waals surface area contributed by atoms with Crippen molar-refractivity contribution < 1.29 is 9.53 Å². The summed E-state index contributed by atoms with van der Waals surface area (Å²) < 4.78 is 5.10. The van der Waals surface area contributed by atoms with Gasteiger partial charge in [-0.05, 0) is 11.6 Å². The molecule has 22 heavy (non-hydrogen) atoms. The van der Waals surface area contributed by atoms with Crippen molar-refractivity contribution >= 4 is 5.91 Å². The fraction of sp³-hybridized carbons (Fsp3) is 0.267. The van der Waals surface area contributed by atoms with Gasteiger partial charge in [0.2, 0.25) is 5.91 Å². The van der Waals surface area contributed by atoms with Crippen molar-refractivity contribution in [2.75, 3.05) is 7.11 Å². The number of hydrogen-bond donors (Lipinski definition) is 3. The molecule has 7 heteroatoms. The van der Waals surface area contributed by atoms with Crippen LogP contribution in [0, 0.1) is 0 Å². The first kappa shape index (κ1) is 13.0. The van der Waals surface area contributed by atoms with E-state index in [9.17, 15) is 4.79 Å². The Balaban J connectivity index is 1.75. The summed E-state index contributed by atoms with van der Waals surface area (Å²) in [4.78, 5) is 20.4.